The first-order chi connectivity index (χ1) is 12.5. The highest BCUT2D eigenvalue weighted by Crippen LogP contribution is 2.50. The second-order valence-corrected chi connectivity index (χ2v) is 6.23. The summed E-state index contributed by atoms with van der Waals surface area (Å²) >= 11 is 0. The topological polar surface area (TPSA) is 50.1 Å². The summed E-state index contributed by atoms with van der Waals surface area (Å²) in [6.45, 7) is 4.14. The summed E-state index contributed by atoms with van der Waals surface area (Å²) in [7, 11) is 6.47. The average Bonchev–Trinajstić information content (AvgIpc) is 3.02. The molecule has 3 rings (SSSR count). The molecule has 0 bridgehead atoms. The van der Waals surface area contributed by atoms with Crippen LogP contribution in [0.1, 0.15) is 19.4 Å². The molecule has 1 heterocycles. The fourth-order valence-corrected chi connectivity index (χ4v) is 3.21. The zero-order valence-electron chi connectivity index (χ0n) is 16.1. The van der Waals surface area contributed by atoms with Gasteiger partial charge in [0.2, 0.25) is 11.5 Å². The molecule has 5 nitrogen and oxygen atoms in total. The molecule has 2 aromatic carbocycles. The van der Waals surface area contributed by atoms with Gasteiger partial charge in [0.15, 0.2) is 11.3 Å². The molecule has 0 atom stereocenters. The minimum atomic E-state index is 0.524. The fourth-order valence-electron chi connectivity index (χ4n) is 3.21. The fraction of sp³-hybridized carbons (Fsp3) is 0.333. The zero-order valence-corrected chi connectivity index (χ0v) is 16.1. The molecule has 0 aliphatic rings. The summed E-state index contributed by atoms with van der Waals surface area (Å²) in [6, 6.07) is 5.79. The van der Waals surface area contributed by atoms with Crippen molar-refractivity contribution in [1.82, 2.24) is 0 Å². The highest BCUT2D eigenvalue weighted by Gasteiger charge is 2.26. The van der Waals surface area contributed by atoms with Crippen molar-refractivity contribution in [3.8, 4) is 23.0 Å². The Morgan fingerprint density at radius 2 is 1.62 bits per heavy atom. The molecule has 0 aliphatic heterocycles. The normalized spacial score (nSPS) is 10.8. The molecular weight excluding hydrogens is 332 g/mol. The first kappa shape index (κ1) is 18.0. The first-order valence-corrected chi connectivity index (χ1v) is 8.40. The van der Waals surface area contributed by atoms with Gasteiger partial charge >= 0.3 is 0 Å². The van der Waals surface area contributed by atoms with Gasteiger partial charge in [0.25, 0.3) is 0 Å². The molecular formula is C21H24O5. The molecule has 138 valence electrons. The Bertz CT molecular complexity index is 977. The van der Waals surface area contributed by atoms with E-state index in [1.807, 2.05) is 18.2 Å². The van der Waals surface area contributed by atoms with E-state index in [2.05, 4.69) is 19.9 Å². The van der Waals surface area contributed by atoms with Gasteiger partial charge in [0.1, 0.15) is 11.3 Å². The quantitative estimate of drug-likeness (QED) is 0.573. The van der Waals surface area contributed by atoms with E-state index in [1.54, 1.807) is 28.4 Å². The Labute approximate surface area is 153 Å². The maximum absolute atomic E-state index is 6.15. The van der Waals surface area contributed by atoms with Gasteiger partial charge in [-0.05, 0) is 32.4 Å². The van der Waals surface area contributed by atoms with E-state index in [1.165, 1.54) is 5.57 Å². The summed E-state index contributed by atoms with van der Waals surface area (Å²) in [4.78, 5) is 0. The Hall–Kier alpha value is -2.82. The largest absolute Gasteiger partial charge is 0.497 e. The van der Waals surface area contributed by atoms with Crippen molar-refractivity contribution >= 4 is 21.9 Å². The maximum atomic E-state index is 6.15. The maximum Gasteiger partial charge on any atom is 0.208 e. The Morgan fingerprint density at radius 1 is 0.923 bits per heavy atom. The van der Waals surface area contributed by atoms with Crippen LogP contribution in [-0.4, -0.2) is 28.4 Å². The van der Waals surface area contributed by atoms with Gasteiger partial charge in [0.05, 0.1) is 28.4 Å². The number of fused-ring (bicyclic) bond motifs is 3. The van der Waals surface area contributed by atoms with Crippen LogP contribution in [0.5, 0.6) is 23.0 Å². The molecule has 0 fully saturated rings. The van der Waals surface area contributed by atoms with E-state index in [0.717, 1.165) is 27.7 Å². The predicted molar refractivity (Wildman–Crippen MR) is 103 cm³/mol. The number of methoxy groups -OCH3 is 4. The summed E-state index contributed by atoms with van der Waals surface area (Å²) < 4.78 is 28.4. The molecule has 5 heteroatoms. The second-order valence-electron chi connectivity index (χ2n) is 6.23. The number of hydrogen-bond acceptors (Lipinski definition) is 5. The second kappa shape index (κ2) is 7.20. The van der Waals surface area contributed by atoms with E-state index >= 15 is 0 Å². The van der Waals surface area contributed by atoms with E-state index < -0.39 is 0 Å². The van der Waals surface area contributed by atoms with E-state index in [0.29, 0.717) is 29.3 Å². The standard InChI is InChI=1S/C21H24O5/c1-12(2)7-9-15-17-14-10-8-13(22-3)11-16(14)26-19(17)21(25-6)20(24-5)18(15)23-4/h7-8,10-11H,9H2,1-6H3. The van der Waals surface area contributed by atoms with Crippen molar-refractivity contribution in [2.45, 2.75) is 20.3 Å². The minimum absolute atomic E-state index is 0.524. The Morgan fingerprint density at radius 3 is 2.19 bits per heavy atom. The summed E-state index contributed by atoms with van der Waals surface area (Å²) in [5.74, 6) is 2.45. The van der Waals surface area contributed by atoms with Gasteiger partial charge in [-0.25, -0.2) is 0 Å². The summed E-state index contributed by atoms with van der Waals surface area (Å²) in [5.41, 5.74) is 3.60. The molecule has 0 unspecified atom stereocenters. The van der Waals surface area contributed by atoms with Gasteiger partial charge in [-0.15, -0.1) is 0 Å². The van der Waals surface area contributed by atoms with Crippen molar-refractivity contribution in [2.24, 2.45) is 0 Å². The molecule has 0 N–H and O–H groups in total. The third-order valence-electron chi connectivity index (χ3n) is 4.42. The van der Waals surface area contributed by atoms with Crippen LogP contribution >= 0.6 is 0 Å². The summed E-state index contributed by atoms with van der Waals surface area (Å²) in [6.07, 6.45) is 2.86. The molecule has 0 saturated heterocycles. The minimum Gasteiger partial charge on any atom is -0.497 e. The lowest BCUT2D eigenvalue weighted by molar-refractivity contribution is 0.323. The number of benzene rings is 2. The lowest BCUT2D eigenvalue weighted by Crippen LogP contribution is -2.00. The van der Waals surface area contributed by atoms with Crippen LogP contribution in [-0.2, 0) is 6.42 Å². The highest BCUT2D eigenvalue weighted by molar-refractivity contribution is 6.11. The molecule has 0 amide bonds. The van der Waals surface area contributed by atoms with Crippen LogP contribution < -0.4 is 18.9 Å². The first-order valence-electron chi connectivity index (χ1n) is 8.40. The van der Waals surface area contributed by atoms with Crippen LogP contribution in [0.4, 0.5) is 0 Å². The molecule has 0 aliphatic carbocycles. The number of ether oxygens (including phenoxy) is 4. The van der Waals surface area contributed by atoms with Crippen molar-refractivity contribution < 1.29 is 23.4 Å². The van der Waals surface area contributed by atoms with Crippen molar-refractivity contribution in [3.05, 3.63) is 35.4 Å². The average molecular weight is 356 g/mol. The van der Waals surface area contributed by atoms with Crippen LogP contribution in [0.2, 0.25) is 0 Å². The zero-order chi connectivity index (χ0) is 18.8. The number of rotatable bonds is 6. The Kier molecular flexibility index (Phi) is 4.98. The van der Waals surface area contributed by atoms with Gasteiger partial charge in [0, 0.05) is 22.4 Å². The van der Waals surface area contributed by atoms with Gasteiger partial charge in [-0.2, -0.15) is 0 Å². The third-order valence-corrected chi connectivity index (χ3v) is 4.42. The lowest BCUT2D eigenvalue weighted by Gasteiger charge is -2.16. The van der Waals surface area contributed by atoms with Gasteiger partial charge < -0.3 is 23.4 Å². The van der Waals surface area contributed by atoms with E-state index in [4.69, 9.17) is 23.4 Å². The molecule has 0 spiro atoms. The molecule has 26 heavy (non-hydrogen) atoms. The number of furan rings is 1. The SMILES string of the molecule is COc1ccc2c(c1)oc1c(OC)c(OC)c(OC)c(CC=C(C)C)c12. The highest BCUT2D eigenvalue weighted by atomic mass is 16.5. The monoisotopic (exact) mass is 356 g/mol. The molecule has 3 aromatic rings. The third kappa shape index (κ3) is 2.83. The van der Waals surface area contributed by atoms with Gasteiger partial charge in [-0.3, -0.25) is 0 Å². The van der Waals surface area contributed by atoms with Gasteiger partial charge in [-0.1, -0.05) is 11.6 Å². The lowest BCUT2D eigenvalue weighted by atomic mass is 10.00. The predicted octanol–water partition coefficient (Wildman–Crippen LogP) is 5.13. The van der Waals surface area contributed by atoms with Crippen molar-refractivity contribution in [2.75, 3.05) is 28.4 Å². The van der Waals surface area contributed by atoms with E-state index in [9.17, 15) is 0 Å². The van der Waals surface area contributed by atoms with E-state index in [-0.39, 0.29) is 0 Å². The van der Waals surface area contributed by atoms with Crippen LogP contribution in [0.25, 0.3) is 21.9 Å². The van der Waals surface area contributed by atoms with Crippen LogP contribution in [0.3, 0.4) is 0 Å². The number of hydrogen-bond donors (Lipinski definition) is 0. The molecule has 1 aromatic heterocycles. The molecule has 0 saturated carbocycles. The number of allylic oxidation sites excluding steroid dienone is 2. The van der Waals surface area contributed by atoms with Crippen molar-refractivity contribution in [3.63, 3.8) is 0 Å². The van der Waals surface area contributed by atoms with Crippen LogP contribution in [0, 0.1) is 0 Å². The molecule has 0 radical (unpaired) electrons. The smallest absolute Gasteiger partial charge is 0.208 e. The van der Waals surface area contributed by atoms with Crippen LogP contribution in [0.15, 0.2) is 34.3 Å². The Balaban J connectivity index is 2.48. The van der Waals surface area contributed by atoms with Crippen molar-refractivity contribution in [1.29, 1.82) is 0 Å². The summed E-state index contributed by atoms with van der Waals surface area (Å²) in [5, 5.41) is 1.95.